The zero-order valence-corrected chi connectivity index (χ0v) is 12.1. The Morgan fingerprint density at radius 2 is 2.00 bits per heavy atom. The molecule has 18 heavy (non-hydrogen) atoms. The summed E-state index contributed by atoms with van der Waals surface area (Å²) in [7, 11) is 0. The smallest absolute Gasteiger partial charge is 0.251 e. The van der Waals surface area contributed by atoms with Crippen molar-refractivity contribution in [3.8, 4) is 0 Å². The minimum atomic E-state index is -0.0228. The number of hydrogen-bond acceptors (Lipinski definition) is 4. The van der Waals surface area contributed by atoms with Crippen LogP contribution in [-0.2, 0) is 0 Å². The predicted octanol–water partition coefficient (Wildman–Crippen LogP) is 2.25. The molecular weight excluding hydrogens is 266 g/mol. The van der Waals surface area contributed by atoms with Gasteiger partial charge in [-0.25, -0.2) is 0 Å². The van der Waals surface area contributed by atoms with Crippen LogP contribution in [0.15, 0.2) is 29.2 Å². The lowest BCUT2D eigenvalue weighted by Crippen LogP contribution is -2.25. The molecule has 1 rings (SSSR count). The first kappa shape index (κ1) is 15.4. The molecule has 2 N–H and O–H groups in total. The van der Waals surface area contributed by atoms with E-state index < -0.39 is 0 Å². The van der Waals surface area contributed by atoms with Crippen molar-refractivity contribution in [2.45, 2.75) is 11.3 Å². The molecule has 0 radical (unpaired) electrons. The van der Waals surface area contributed by atoms with Gasteiger partial charge in [-0.2, -0.15) is 11.8 Å². The number of amides is 1. The Morgan fingerprint density at radius 1 is 1.28 bits per heavy atom. The molecule has 1 aromatic carbocycles. The normalized spacial score (nSPS) is 10.3. The predicted molar refractivity (Wildman–Crippen MR) is 79.6 cm³/mol. The quantitative estimate of drug-likeness (QED) is 0.568. The molecule has 100 valence electrons. The number of rotatable bonds is 8. The lowest BCUT2D eigenvalue weighted by molar-refractivity contribution is 0.0956. The third kappa shape index (κ3) is 5.80. The highest BCUT2D eigenvalue weighted by atomic mass is 32.2. The van der Waals surface area contributed by atoms with E-state index in [9.17, 15) is 4.79 Å². The van der Waals surface area contributed by atoms with Crippen LogP contribution in [0.1, 0.15) is 16.8 Å². The Balaban J connectivity index is 2.23. The molecule has 0 aliphatic heterocycles. The number of carbonyl (C=O) groups is 1. The van der Waals surface area contributed by atoms with Gasteiger partial charge in [0.1, 0.15) is 0 Å². The van der Waals surface area contributed by atoms with E-state index in [2.05, 4.69) is 5.32 Å². The van der Waals surface area contributed by atoms with Gasteiger partial charge in [-0.1, -0.05) is 0 Å². The second-order valence-corrected chi connectivity index (χ2v) is 5.78. The number of aliphatic hydroxyl groups is 1. The van der Waals surface area contributed by atoms with Gasteiger partial charge < -0.3 is 10.4 Å². The number of benzene rings is 1. The third-order valence-electron chi connectivity index (χ3n) is 2.33. The SMILES string of the molecule is CSc1ccc(C(=O)NCCSCCCO)cc1. The van der Waals surface area contributed by atoms with Gasteiger partial charge in [0.25, 0.3) is 5.91 Å². The number of thioether (sulfide) groups is 2. The van der Waals surface area contributed by atoms with Crippen LogP contribution in [0.2, 0.25) is 0 Å². The Hall–Kier alpha value is -0.650. The van der Waals surface area contributed by atoms with E-state index in [1.54, 1.807) is 23.5 Å². The Kier molecular flexibility index (Phi) is 7.96. The van der Waals surface area contributed by atoms with E-state index in [1.165, 1.54) is 0 Å². The monoisotopic (exact) mass is 285 g/mol. The van der Waals surface area contributed by atoms with Crippen molar-refractivity contribution in [3.05, 3.63) is 29.8 Å². The molecule has 0 fully saturated rings. The molecule has 0 aliphatic rings. The summed E-state index contributed by atoms with van der Waals surface area (Å²) in [5, 5.41) is 11.5. The zero-order chi connectivity index (χ0) is 13.2. The van der Waals surface area contributed by atoms with Gasteiger partial charge in [0.15, 0.2) is 0 Å². The summed E-state index contributed by atoms with van der Waals surface area (Å²) >= 11 is 3.41. The minimum Gasteiger partial charge on any atom is -0.396 e. The van der Waals surface area contributed by atoms with Crippen LogP contribution < -0.4 is 5.32 Å². The maximum atomic E-state index is 11.8. The molecule has 0 spiro atoms. The first-order valence-corrected chi connectivity index (χ1v) is 8.26. The number of nitrogens with one attached hydrogen (secondary N) is 1. The van der Waals surface area contributed by atoms with Crippen molar-refractivity contribution in [2.75, 3.05) is 30.9 Å². The lowest BCUT2D eigenvalue weighted by Gasteiger charge is -2.05. The van der Waals surface area contributed by atoms with Gasteiger partial charge >= 0.3 is 0 Å². The van der Waals surface area contributed by atoms with E-state index in [1.807, 2.05) is 30.5 Å². The fourth-order valence-electron chi connectivity index (χ4n) is 1.35. The summed E-state index contributed by atoms with van der Waals surface area (Å²) in [6.45, 7) is 0.903. The van der Waals surface area contributed by atoms with Crippen LogP contribution >= 0.6 is 23.5 Å². The highest BCUT2D eigenvalue weighted by Gasteiger charge is 2.03. The van der Waals surface area contributed by atoms with Gasteiger partial charge in [-0.3, -0.25) is 4.79 Å². The van der Waals surface area contributed by atoms with E-state index in [0.717, 1.165) is 22.8 Å². The highest BCUT2D eigenvalue weighted by molar-refractivity contribution is 7.99. The van der Waals surface area contributed by atoms with Crippen molar-refractivity contribution < 1.29 is 9.90 Å². The Labute approximate surface area is 117 Å². The molecule has 0 unspecified atom stereocenters. The molecule has 0 saturated carbocycles. The number of aliphatic hydroxyl groups excluding tert-OH is 1. The maximum absolute atomic E-state index is 11.8. The molecular formula is C13H19NO2S2. The molecule has 0 heterocycles. The molecule has 0 aromatic heterocycles. The Bertz CT molecular complexity index is 355. The van der Waals surface area contributed by atoms with E-state index in [-0.39, 0.29) is 12.5 Å². The summed E-state index contributed by atoms with van der Waals surface area (Å²) in [6, 6.07) is 7.60. The lowest BCUT2D eigenvalue weighted by atomic mass is 10.2. The topological polar surface area (TPSA) is 49.3 Å². The van der Waals surface area contributed by atoms with Crippen LogP contribution in [0.3, 0.4) is 0 Å². The first-order chi connectivity index (χ1) is 8.77. The van der Waals surface area contributed by atoms with Crippen molar-refractivity contribution >= 4 is 29.4 Å². The van der Waals surface area contributed by atoms with Crippen LogP contribution in [0, 0.1) is 0 Å². The molecule has 1 amide bonds. The maximum Gasteiger partial charge on any atom is 0.251 e. The summed E-state index contributed by atoms with van der Waals surface area (Å²) in [5.74, 6) is 1.80. The molecule has 0 aliphatic carbocycles. The Morgan fingerprint density at radius 3 is 2.61 bits per heavy atom. The molecule has 0 bridgehead atoms. The van der Waals surface area contributed by atoms with Crippen molar-refractivity contribution in [3.63, 3.8) is 0 Å². The van der Waals surface area contributed by atoms with Gasteiger partial charge in [-0.05, 0) is 42.7 Å². The number of hydrogen-bond donors (Lipinski definition) is 2. The van der Waals surface area contributed by atoms with E-state index >= 15 is 0 Å². The highest BCUT2D eigenvalue weighted by Crippen LogP contribution is 2.14. The average Bonchev–Trinajstić information content (AvgIpc) is 2.42. The molecule has 0 atom stereocenters. The second kappa shape index (κ2) is 9.30. The summed E-state index contributed by atoms with van der Waals surface area (Å²) in [5.41, 5.74) is 0.702. The molecule has 3 nitrogen and oxygen atoms in total. The van der Waals surface area contributed by atoms with Crippen molar-refractivity contribution in [2.24, 2.45) is 0 Å². The van der Waals surface area contributed by atoms with Gasteiger partial charge in [0.05, 0.1) is 0 Å². The average molecular weight is 285 g/mol. The standard InChI is InChI=1S/C13H19NO2S2/c1-17-12-5-3-11(4-6-12)13(16)14-7-10-18-9-2-8-15/h3-6,15H,2,7-10H2,1H3,(H,14,16). The van der Waals surface area contributed by atoms with Crippen molar-refractivity contribution in [1.29, 1.82) is 0 Å². The molecule has 1 aromatic rings. The first-order valence-electron chi connectivity index (χ1n) is 5.88. The number of carbonyl (C=O) groups excluding carboxylic acids is 1. The van der Waals surface area contributed by atoms with Crippen molar-refractivity contribution in [1.82, 2.24) is 5.32 Å². The van der Waals surface area contributed by atoms with E-state index in [0.29, 0.717) is 12.1 Å². The van der Waals surface area contributed by atoms with Gasteiger partial charge in [0, 0.05) is 29.4 Å². The van der Waals surface area contributed by atoms with Crippen LogP contribution in [-0.4, -0.2) is 41.9 Å². The summed E-state index contributed by atoms with van der Waals surface area (Å²) in [6.07, 6.45) is 2.83. The van der Waals surface area contributed by atoms with Gasteiger partial charge in [0.2, 0.25) is 0 Å². The van der Waals surface area contributed by atoms with Crippen LogP contribution in [0.25, 0.3) is 0 Å². The van der Waals surface area contributed by atoms with E-state index in [4.69, 9.17) is 5.11 Å². The fraction of sp³-hybridized carbons (Fsp3) is 0.462. The minimum absolute atomic E-state index is 0.0228. The summed E-state index contributed by atoms with van der Waals surface area (Å²) < 4.78 is 0. The van der Waals surface area contributed by atoms with Crippen LogP contribution in [0.4, 0.5) is 0 Å². The molecule has 0 saturated heterocycles. The zero-order valence-electron chi connectivity index (χ0n) is 10.5. The van der Waals surface area contributed by atoms with Crippen LogP contribution in [0.5, 0.6) is 0 Å². The molecule has 5 heteroatoms. The van der Waals surface area contributed by atoms with Gasteiger partial charge in [-0.15, -0.1) is 11.8 Å². The second-order valence-electron chi connectivity index (χ2n) is 3.67. The fourth-order valence-corrected chi connectivity index (χ4v) is 2.54. The largest absolute Gasteiger partial charge is 0.396 e. The third-order valence-corrected chi connectivity index (χ3v) is 4.14. The summed E-state index contributed by atoms with van der Waals surface area (Å²) in [4.78, 5) is 12.9.